The second-order valence-corrected chi connectivity index (χ2v) is 6.07. The Kier molecular flexibility index (Phi) is 4.48. The number of likely N-dealkylation sites (N-methyl/N-ethyl adjacent to an activating group) is 1. The molecule has 106 valence electrons. The molecule has 1 fully saturated rings. The summed E-state index contributed by atoms with van der Waals surface area (Å²) in [5.41, 5.74) is 3.28. The van der Waals surface area contributed by atoms with E-state index in [0.29, 0.717) is 11.8 Å². The van der Waals surface area contributed by atoms with E-state index in [9.17, 15) is 5.11 Å². The SMILES string of the molecule is Cc1cc(CN2CCCC(N(C)C)C2)cc(C)c1O. The second-order valence-electron chi connectivity index (χ2n) is 6.07. The van der Waals surface area contributed by atoms with Crippen LogP contribution < -0.4 is 0 Å². The molecule has 1 atom stereocenters. The molecule has 1 unspecified atom stereocenters. The summed E-state index contributed by atoms with van der Waals surface area (Å²) < 4.78 is 0. The Hall–Kier alpha value is -1.06. The van der Waals surface area contributed by atoms with E-state index < -0.39 is 0 Å². The Morgan fingerprint density at radius 2 is 1.89 bits per heavy atom. The highest BCUT2D eigenvalue weighted by Gasteiger charge is 2.21. The molecule has 1 heterocycles. The average Bonchev–Trinajstić information content (AvgIpc) is 2.36. The van der Waals surface area contributed by atoms with E-state index in [1.54, 1.807) is 0 Å². The summed E-state index contributed by atoms with van der Waals surface area (Å²) in [5.74, 6) is 0.438. The van der Waals surface area contributed by atoms with Crippen molar-refractivity contribution < 1.29 is 5.11 Å². The zero-order valence-electron chi connectivity index (χ0n) is 12.6. The van der Waals surface area contributed by atoms with Crippen LogP contribution >= 0.6 is 0 Å². The number of nitrogens with zero attached hydrogens (tertiary/aromatic N) is 2. The zero-order valence-corrected chi connectivity index (χ0v) is 12.6. The molecule has 1 aliphatic heterocycles. The Labute approximate surface area is 116 Å². The number of benzene rings is 1. The second kappa shape index (κ2) is 5.93. The van der Waals surface area contributed by atoms with E-state index in [1.807, 2.05) is 13.8 Å². The van der Waals surface area contributed by atoms with Gasteiger partial charge in [0.25, 0.3) is 0 Å². The molecule has 1 aromatic carbocycles. The van der Waals surface area contributed by atoms with Crippen LogP contribution in [0.2, 0.25) is 0 Å². The van der Waals surface area contributed by atoms with Gasteiger partial charge in [-0.15, -0.1) is 0 Å². The van der Waals surface area contributed by atoms with Crippen molar-refractivity contribution in [3.63, 3.8) is 0 Å². The first-order valence-electron chi connectivity index (χ1n) is 7.15. The van der Waals surface area contributed by atoms with E-state index in [-0.39, 0.29) is 0 Å². The van der Waals surface area contributed by atoms with Gasteiger partial charge >= 0.3 is 0 Å². The summed E-state index contributed by atoms with van der Waals surface area (Å²) in [6.07, 6.45) is 2.58. The molecule has 3 nitrogen and oxygen atoms in total. The van der Waals surface area contributed by atoms with Crippen molar-refractivity contribution in [3.05, 3.63) is 28.8 Å². The fraction of sp³-hybridized carbons (Fsp3) is 0.625. The lowest BCUT2D eigenvalue weighted by Crippen LogP contribution is -2.44. The van der Waals surface area contributed by atoms with Crippen molar-refractivity contribution >= 4 is 0 Å². The van der Waals surface area contributed by atoms with Gasteiger partial charge in [-0.25, -0.2) is 0 Å². The fourth-order valence-electron chi connectivity index (χ4n) is 2.99. The van der Waals surface area contributed by atoms with Crippen LogP contribution in [0.1, 0.15) is 29.5 Å². The van der Waals surface area contributed by atoms with Crippen LogP contribution in [0.3, 0.4) is 0 Å². The highest BCUT2D eigenvalue weighted by Crippen LogP contribution is 2.24. The number of likely N-dealkylation sites (tertiary alicyclic amines) is 1. The Morgan fingerprint density at radius 3 is 2.47 bits per heavy atom. The lowest BCUT2D eigenvalue weighted by Gasteiger charge is -2.36. The van der Waals surface area contributed by atoms with Crippen LogP contribution in [0.15, 0.2) is 12.1 Å². The molecular weight excluding hydrogens is 236 g/mol. The van der Waals surface area contributed by atoms with E-state index in [4.69, 9.17) is 0 Å². The van der Waals surface area contributed by atoms with Crippen molar-refractivity contribution in [3.8, 4) is 5.75 Å². The van der Waals surface area contributed by atoms with Gasteiger partial charge in [0.2, 0.25) is 0 Å². The van der Waals surface area contributed by atoms with Crippen molar-refractivity contribution in [1.82, 2.24) is 9.80 Å². The maximum absolute atomic E-state index is 9.83. The van der Waals surface area contributed by atoms with Gasteiger partial charge in [0, 0.05) is 19.1 Å². The maximum atomic E-state index is 9.83. The van der Waals surface area contributed by atoms with Crippen molar-refractivity contribution in [2.45, 2.75) is 39.3 Å². The first-order valence-corrected chi connectivity index (χ1v) is 7.15. The van der Waals surface area contributed by atoms with Gasteiger partial charge in [0.15, 0.2) is 0 Å². The van der Waals surface area contributed by atoms with Crippen LogP contribution in [0.4, 0.5) is 0 Å². The van der Waals surface area contributed by atoms with Gasteiger partial charge in [0.1, 0.15) is 5.75 Å². The largest absolute Gasteiger partial charge is 0.507 e. The number of phenolic OH excluding ortho intramolecular Hbond substituents is 1. The molecule has 19 heavy (non-hydrogen) atoms. The first-order chi connectivity index (χ1) is 8.97. The summed E-state index contributed by atoms with van der Waals surface area (Å²) in [7, 11) is 4.34. The molecular formula is C16H26N2O. The molecule has 0 amide bonds. The number of aryl methyl sites for hydroxylation is 2. The number of phenols is 1. The Balaban J connectivity index is 2.05. The van der Waals surface area contributed by atoms with E-state index in [0.717, 1.165) is 24.2 Å². The van der Waals surface area contributed by atoms with E-state index in [1.165, 1.54) is 24.9 Å². The van der Waals surface area contributed by atoms with Crippen LogP contribution in [0.25, 0.3) is 0 Å². The predicted molar refractivity (Wildman–Crippen MR) is 79.6 cm³/mol. The highest BCUT2D eigenvalue weighted by atomic mass is 16.3. The molecule has 0 saturated carbocycles. The molecule has 3 heteroatoms. The number of aromatic hydroxyl groups is 1. The third-order valence-corrected chi connectivity index (χ3v) is 4.17. The van der Waals surface area contributed by atoms with Gasteiger partial charge < -0.3 is 10.0 Å². The molecule has 1 saturated heterocycles. The molecule has 0 aromatic heterocycles. The van der Waals surface area contributed by atoms with E-state index >= 15 is 0 Å². The molecule has 0 aliphatic carbocycles. The minimum Gasteiger partial charge on any atom is -0.507 e. The van der Waals surface area contributed by atoms with Crippen LogP contribution in [-0.4, -0.2) is 48.1 Å². The van der Waals surface area contributed by atoms with Gasteiger partial charge in [-0.1, -0.05) is 12.1 Å². The van der Waals surface area contributed by atoms with Gasteiger partial charge in [-0.3, -0.25) is 4.90 Å². The van der Waals surface area contributed by atoms with Crippen LogP contribution in [0, 0.1) is 13.8 Å². The topological polar surface area (TPSA) is 26.7 Å². The molecule has 2 rings (SSSR count). The van der Waals surface area contributed by atoms with Crippen molar-refractivity contribution in [2.24, 2.45) is 0 Å². The fourth-order valence-corrected chi connectivity index (χ4v) is 2.99. The first kappa shape index (κ1) is 14.4. The highest BCUT2D eigenvalue weighted by molar-refractivity contribution is 5.42. The van der Waals surface area contributed by atoms with Gasteiger partial charge in [0.05, 0.1) is 0 Å². The van der Waals surface area contributed by atoms with Crippen molar-refractivity contribution in [1.29, 1.82) is 0 Å². The normalized spacial score (nSPS) is 21.0. The quantitative estimate of drug-likeness (QED) is 0.907. The number of rotatable bonds is 3. The summed E-state index contributed by atoms with van der Waals surface area (Å²) in [6, 6.07) is 4.90. The summed E-state index contributed by atoms with van der Waals surface area (Å²) >= 11 is 0. The minimum atomic E-state index is 0.438. The summed E-state index contributed by atoms with van der Waals surface area (Å²) in [4.78, 5) is 4.86. The standard InChI is InChI=1S/C16H26N2O/c1-12-8-14(9-13(2)16(12)19)10-18-7-5-6-15(11-18)17(3)4/h8-9,15,19H,5-7,10-11H2,1-4H3. The van der Waals surface area contributed by atoms with Crippen LogP contribution in [0.5, 0.6) is 5.75 Å². The molecule has 0 radical (unpaired) electrons. The third kappa shape index (κ3) is 3.48. The molecule has 0 bridgehead atoms. The van der Waals surface area contributed by atoms with Crippen LogP contribution in [-0.2, 0) is 6.54 Å². The molecule has 0 spiro atoms. The van der Waals surface area contributed by atoms with E-state index in [2.05, 4.69) is 36.0 Å². The van der Waals surface area contributed by atoms with Gasteiger partial charge in [-0.05, 0) is 64.0 Å². The molecule has 1 aliphatic rings. The summed E-state index contributed by atoms with van der Waals surface area (Å²) in [5, 5.41) is 9.83. The molecule has 1 aromatic rings. The van der Waals surface area contributed by atoms with Crippen molar-refractivity contribution in [2.75, 3.05) is 27.2 Å². The lowest BCUT2D eigenvalue weighted by atomic mass is 10.0. The molecule has 1 N–H and O–H groups in total. The summed E-state index contributed by atoms with van der Waals surface area (Å²) in [6.45, 7) is 7.27. The predicted octanol–water partition coefficient (Wildman–Crippen LogP) is 2.54. The average molecular weight is 262 g/mol. The lowest BCUT2D eigenvalue weighted by molar-refractivity contribution is 0.128. The third-order valence-electron chi connectivity index (χ3n) is 4.17. The minimum absolute atomic E-state index is 0.438. The van der Waals surface area contributed by atoms with Gasteiger partial charge in [-0.2, -0.15) is 0 Å². The zero-order chi connectivity index (χ0) is 14.0. The smallest absolute Gasteiger partial charge is 0.121 e. The number of hydrogen-bond acceptors (Lipinski definition) is 3. The Bertz CT molecular complexity index is 419. The number of hydrogen-bond donors (Lipinski definition) is 1. The Morgan fingerprint density at radius 1 is 1.26 bits per heavy atom. The number of piperidine rings is 1. The monoisotopic (exact) mass is 262 g/mol. The maximum Gasteiger partial charge on any atom is 0.121 e.